The normalized spacial score (nSPS) is 11.2. The van der Waals surface area contributed by atoms with Crippen LogP contribution in [0.3, 0.4) is 0 Å². The molecule has 7 rings (SSSR count). The molecule has 7 aromatic carbocycles. The van der Waals surface area contributed by atoms with Crippen molar-refractivity contribution in [1.82, 2.24) is 0 Å². The van der Waals surface area contributed by atoms with Crippen LogP contribution in [0, 0.1) is 0 Å². The first-order chi connectivity index (χ1) is 21.6. The number of methoxy groups -OCH3 is 1. The second-order valence-corrected chi connectivity index (χ2v) is 13.9. The molecule has 6 heteroatoms. The first-order valence-corrected chi connectivity index (χ1v) is 16.5. The highest BCUT2D eigenvalue weighted by Crippen LogP contribution is 2.55. The fourth-order valence-electron chi connectivity index (χ4n) is 5.89. The van der Waals surface area contributed by atoms with Crippen molar-refractivity contribution in [1.29, 1.82) is 0 Å². The van der Waals surface area contributed by atoms with Gasteiger partial charge in [0.25, 0.3) is 0 Å². The summed E-state index contributed by atoms with van der Waals surface area (Å²) in [7, 11) is -1.81. The van der Waals surface area contributed by atoms with Gasteiger partial charge in [-0.1, -0.05) is 103 Å². The number of fused-ring (bicyclic) bond motifs is 4. The van der Waals surface area contributed by atoms with Crippen LogP contribution in [0.4, 0.5) is 0 Å². The van der Waals surface area contributed by atoms with Gasteiger partial charge in [-0.2, -0.15) is 0 Å². The van der Waals surface area contributed by atoms with Crippen LogP contribution in [0.25, 0.3) is 32.3 Å². The van der Waals surface area contributed by atoms with Crippen molar-refractivity contribution in [3.63, 3.8) is 0 Å². The van der Waals surface area contributed by atoms with E-state index in [1.54, 1.807) is 13.2 Å². The Morgan fingerprint density at radius 1 is 0.523 bits per heavy atom. The summed E-state index contributed by atoms with van der Waals surface area (Å²) in [6.07, 6.45) is 0.713. The van der Waals surface area contributed by atoms with Gasteiger partial charge in [0.05, 0.1) is 0 Å². The van der Waals surface area contributed by atoms with Crippen LogP contribution < -0.4 is 20.6 Å². The van der Waals surface area contributed by atoms with E-state index in [9.17, 15) is 0 Å². The van der Waals surface area contributed by atoms with Gasteiger partial charge in [-0.15, -0.1) is 0 Å². The predicted molar refractivity (Wildman–Crippen MR) is 187 cm³/mol. The second-order valence-electron chi connectivity index (χ2n) is 10.5. The molecule has 0 heterocycles. The number of ether oxygens (including phenoxy) is 1. The number of hydrogen-bond donors (Lipinski definition) is 2. The van der Waals surface area contributed by atoms with E-state index in [1.165, 1.54) is 21.3 Å². The largest absolute Gasteiger partial charge is 0.707 e. The summed E-state index contributed by atoms with van der Waals surface area (Å²) in [4.78, 5) is 0. The minimum absolute atomic E-state index is 0.466. The maximum atomic E-state index is 9.14. The summed E-state index contributed by atoms with van der Waals surface area (Å²) < 4.78 is 10.9. The number of benzene rings is 7. The van der Waals surface area contributed by atoms with Crippen LogP contribution >= 0.6 is 7.26 Å². The van der Waals surface area contributed by atoms with Crippen LogP contribution in [0.1, 0.15) is 0 Å². The molecule has 4 nitrogen and oxygen atoms in total. The fraction of sp³-hybridized carbons (Fsp3) is 0.0526. The van der Waals surface area contributed by atoms with Crippen molar-refractivity contribution in [2.75, 3.05) is 13.5 Å². The maximum absolute atomic E-state index is 9.14. The molecule has 0 aliphatic carbocycles. The van der Waals surface area contributed by atoms with Gasteiger partial charge in [0.2, 0.25) is 0 Å². The third-order valence-electron chi connectivity index (χ3n) is 7.83. The molecule has 216 valence electrons. The quantitative estimate of drug-likeness (QED) is 0.0896. The maximum Gasteiger partial charge on any atom is 0.707 e. The summed E-state index contributed by atoms with van der Waals surface area (Å²) in [6.45, 7) is 0. The lowest BCUT2D eigenvalue weighted by Gasteiger charge is -2.26. The Labute approximate surface area is 258 Å². The molecular weight excluding hydrogens is 562 g/mol. The van der Waals surface area contributed by atoms with E-state index in [4.69, 9.17) is 19.4 Å². The van der Waals surface area contributed by atoms with Crippen molar-refractivity contribution in [2.24, 2.45) is 0 Å². The number of hydrogen-bond acceptors (Lipinski definition) is 4. The molecule has 44 heavy (non-hydrogen) atoms. The molecule has 0 atom stereocenters. The molecule has 0 radical (unpaired) electrons. The molecule has 0 unspecified atom stereocenters. The summed E-state index contributed by atoms with van der Waals surface area (Å²) in [6, 6.07) is 54.4. The van der Waals surface area contributed by atoms with E-state index in [0.717, 1.165) is 26.9 Å². The molecule has 7 aromatic rings. The third-order valence-corrected chi connectivity index (χ3v) is 12.0. The Hall–Kier alpha value is -4.51. The Balaban J connectivity index is 0.000000156. The topological polar surface area (TPSA) is 58.9 Å². The van der Waals surface area contributed by atoms with Crippen LogP contribution in [-0.4, -0.2) is 30.8 Å². The van der Waals surface area contributed by atoms with Crippen LogP contribution in [-0.2, 0) is 4.74 Å². The zero-order valence-corrected chi connectivity index (χ0v) is 25.3. The van der Waals surface area contributed by atoms with Gasteiger partial charge in [0.1, 0.15) is 28.9 Å². The minimum atomic E-state index is -1.83. The molecule has 0 aliphatic heterocycles. The van der Waals surface area contributed by atoms with E-state index in [0.29, 0.717) is 12.1 Å². The van der Waals surface area contributed by atoms with E-state index in [2.05, 4.69) is 121 Å². The molecule has 2 N–H and O–H groups in total. The first-order valence-electron chi connectivity index (χ1n) is 14.5. The van der Waals surface area contributed by atoms with Crippen molar-refractivity contribution in [2.45, 2.75) is 0 Å². The average Bonchev–Trinajstić information content (AvgIpc) is 3.07. The number of rotatable bonds is 7. The van der Waals surface area contributed by atoms with E-state index in [1.807, 2.05) is 30.3 Å². The van der Waals surface area contributed by atoms with E-state index in [-0.39, 0.29) is 0 Å². The molecule has 0 saturated heterocycles. The molecule has 0 spiro atoms. The monoisotopic (exact) mass is 595 g/mol. The van der Waals surface area contributed by atoms with Gasteiger partial charge in [-0.3, -0.25) is 0 Å². The van der Waals surface area contributed by atoms with E-state index < -0.39 is 14.6 Å². The summed E-state index contributed by atoms with van der Waals surface area (Å²) in [5.74, 6) is 0.466. The van der Waals surface area contributed by atoms with Crippen molar-refractivity contribution in [3.05, 3.63) is 158 Å². The van der Waals surface area contributed by atoms with Gasteiger partial charge in [0.15, 0.2) is 6.35 Å². The minimum Gasteiger partial charge on any atom is -0.511 e. The Kier molecular flexibility index (Phi) is 9.02. The third kappa shape index (κ3) is 5.97. The zero-order valence-electron chi connectivity index (χ0n) is 24.5. The Morgan fingerprint density at radius 3 is 1.52 bits per heavy atom. The highest BCUT2D eigenvalue weighted by molar-refractivity contribution is 7.95. The van der Waals surface area contributed by atoms with Gasteiger partial charge in [0, 0.05) is 12.5 Å². The van der Waals surface area contributed by atoms with Gasteiger partial charge in [-0.05, 0) is 81.5 Å². The van der Waals surface area contributed by atoms with Crippen molar-refractivity contribution in [3.8, 4) is 5.75 Å². The molecule has 0 saturated carbocycles. The SMILES string of the molecule is COC[P+](c1ccccc1)(c1ccccc1)c1ccccc1.OB(O)Oc1cccc2ccc3cc4ccccc4cc3c12. The second kappa shape index (κ2) is 13.4. The fourth-order valence-corrected chi connectivity index (χ4v) is 9.66. The first kappa shape index (κ1) is 29.6. The van der Waals surface area contributed by atoms with Crippen LogP contribution in [0.15, 0.2) is 158 Å². The predicted octanol–water partition coefficient (Wildman–Crippen LogP) is 7.08. The van der Waals surface area contributed by atoms with Crippen molar-refractivity contribution < 1.29 is 19.4 Å². The van der Waals surface area contributed by atoms with Crippen LogP contribution in [0.5, 0.6) is 5.75 Å². The zero-order chi connectivity index (χ0) is 30.4. The molecule has 0 amide bonds. The molecule has 0 fully saturated rings. The molecular formula is C38H33BO4P+. The van der Waals surface area contributed by atoms with Crippen LogP contribution in [0.2, 0.25) is 0 Å². The lowest BCUT2D eigenvalue weighted by Crippen LogP contribution is -2.33. The van der Waals surface area contributed by atoms with Crippen molar-refractivity contribution >= 4 is 62.8 Å². The van der Waals surface area contributed by atoms with E-state index >= 15 is 0 Å². The van der Waals surface area contributed by atoms with Gasteiger partial charge >= 0.3 is 7.32 Å². The summed E-state index contributed by atoms with van der Waals surface area (Å²) in [5, 5.41) is 28.7. The summed E-state index contributed by atoms with van der Waals surface area (Å²) >= 11 is 0. The standard InChI is InChI=1S/C20H20OP.C18H13BO3/c1-21-17-22(18-11-5-2-6-12-18,19-13-7-3-8-14-19)20-15-9-4-10-16-20;20-19(21)22-17-7-3-6-12-8-9-15-10-13-4-1-2-5-14(13)11-16(15)18(12)17/h2-16H,17H2,1H3;1-11,20-21H/q+1;. The summed E-state index contributed by atoms with van der Waals surface area (Å²) in [5.41, 5.74) is 0. The Morgan fingerprint density at radius 2 is 1.00 bits per heavy atom. The van der Waals surface area contributed by atoms with Gasteiger partial charge < -0.3 is 19.4 Å². The highest BCUT2D eigenvalue weighted by Gasteiger charge is 2.45. The van der Waals surface area contributed by atoms with Gasteiger partial charge in [-0.25, -0.2) is 0 Å². The average molecular weight is 595 g/mol. The molecule has 0 aromatic heterocycles. The molecule has 0 aliphatic rings. The smallest absolute Gasteiger partial charge is 0.511 e. The lowest BCUT2D eigenvalue weighted by molar-refractivity contribution is 0.255. The molecule has 0 bridgehead atoms. The Bertz CT molecular complexity index is 1890. The lowest BCUT2D eigenvalue weighted by atomic mass is 9.97. The highest BCUT2D eigenvalue weighted by atomic mass is 31.2.